The van der Waals surface area contributed by atoms with Gasteiger partial charge in [0, 0.05) is 35.2 Å². The lowest BCUT2D eigenvalue weighted by Crippen LogP contribution is -2.13. The zero-order chi connectivity index (χ0) is 19.2. The molecule has 0 radical (unpaired) electrons. The highest BCUT2D eigenvalue weighted by Crippen LogP contribution is 2.20. The summed E-state index contributed by atoms with van der Waals surface area (Å²) in [5.41, 5.74) is 2.41. The molecule has 0 aliphatic carbocycles. The molecule has 0 unspecified atom stereocenters. The van der Waals surface area contributed by atoms with Gasteiger partial charge in [-0.15, -0.1) is 0 Å². The molecule has 136 valence electrons. The molecule has 0 aliphatic heterocycles. The van der Waals surface area contributed by atoms with Crippen molar-refractivity contribution in [2.75, 3.05) is 16.0 Å². The van der Waals surface area contributed by atoms with Crippen LogP contribution in [0.4, 0.5) is 22.9 Å². The molecule has 27 heavy (non-hydrogen) atoms. The quantitative estimate of drug-likeness (QED) is 0.599. The number of hydrogen-bond acceptors (Lipinski definition) is 4. The number of amides is 2. The van der Waals surface area contributed by atoms with Crippen LogP contribution in [0.1, 0.15) is 17.3 Å². The first-order valence-electron chi connectivity index (χ1n) is 8.17. The van der Waals surface area contributed by atoms with Crippen LogP contribution in [0, 0.1) is 0 Å². The van der Waals surface area contributed by atoms with Gasteiger partial charge in [0.25, 0.3) is 5.91 Å². The van der Waals surface area contributed by atoms with E-state index in [1.165, 1.54) is 13.1 Å². The van der Waals surface area contributed by atoms with Crippen LogP contribution in [0.2, 0.25) is 5.02 Å². The minimum Gasteiger partial charge on any atom is -0.340 e. The number of nitrogens with zero attached hydrogens (tertiary/aromatic N) is 1. The maximum atomic E-state index is 12.4. The average Bonchev–Trinajstić information content (AvgIpc) is 2.62. The van der Waals surface area contributed by atoms with Crippen LogP contribution in [-0.2, 0) is 4.79 Å². The first-order chi connectivity index (χ1) is 13.0. The van der Waals surface area contributed by atoms with E-state index in [2.05, 4.69) is 20.9 Å². The average molecular weight is 381 g/mol. The summed E-state index contributed by atoms with van der Waals surface area (Å²) in [4.78, 5) is 27.8. The number of anilines is 4. The molecule has 1 aromatic heterocycles. The Bertz CT molecular complexity index is 974. The lowest BCUT2D eigenvalue weighted by molar-refractivity contribution is -0.114. The molecule has 7 heteroatoms. The second-order valence-electron chi connectivity index (χ2n) is 5.78. The molecule has 2 amide bonds. The Labute approximate surface area is 161 Å². The van der Waals surface area contributed by atoms with E-state index >= 15 is 0 Å². The fourth-order valence-corrected chi connectivity index (χ4v) is 2.59. The molecule has 1 heterocycles. The van der Waals surface area contributed by atoms with Crippen molar-refractivity contribution in [1.29, 1.82) is 0 Å². The van der Waals surface area contributed by atoms with Gasteiger partial charge in [-0.05, 0) is 48.5 Å². The number of hydrogen-bond donors (Lipinski definition) is 3. The van der Waals surface area contributed by atoms with Crippen LogP contribution in [0.3, 0.4) is 0 Å². The Balaban J connectivity index is 1.66. The lowest BCUT2D eigenvalue weighted by atomic mass is 10.2. The van der Waals surface area contributed by atoms with Crippen LogP contribution >= 0.6 is 11.6 Å². The van der Waals surface area contributed by atoms with Gasteiger partial charge in [-0.25, -0.2) is 4.98 Å². The van der Waals surface area contributed by atoms with Gasteiger partial charge < -0.3 is 16.0 Å². The van der Waals surface area contributed by atoms with E-state index < -0.39 is 0 Å². The molecule has 0 saturated carbocycles. The molecule has 0 fully saturated rings. The van der Waals surface area contributed by atoms with Crippen LogP contribution in [0.15, 0.2) is 66.9 Å². The van der Waals surface area contributed by atoms with E-state index in [0.29, 0.717) is 27.8 Å². The Morgan fingerprint density at radius 1 is 0.889 bits per heavy atom. The molecule has 3 aromatic rings. The standard InChI is InChI=1S/C20H17ClN4O2/c1-13(26)23-17-6-3-7-18(11-17)25-20(27)14-8-9-19(22-12-14)24-16-5-2-4-15(21)10-16/h2-12H,1H3,(H,22,24)(H,23,26)(H,25,27). The van der Waals surface area contributed by atoms with Gasteiger partial charge in [0.05, 0.1) is 5.56 Å². The van der Waals surface area contributed by atoms with E-state index in [4.69, 9.17) is 11.6 Å². The Kier molecular flexibility index (Phi) is 5.68. The maximum absolute atomic E-state index is 12.4. The van der Waals surface area contributed by atoms with Crippen molar-refractivity contribution in [3.05, 3.63) is 77.4 Å². The Morgan fingerprint density at radius 2 is 1.59 bits per heavy atom. The van der Waals surface area contributed by atoms with E-state index in [9.17, 15) is 9.59 Å². The summed E-state index contributed by atoms with van der Waals surface area (Å²) in [5, 5.41) is 9.19. The second kappa shape index (κ2) is 8.33. The third kappa shape index (κ3) is 5.29. The predicted octanol–water partition coefficient (Wildman–Crippen LogP) is 4.69. The maximum Gasteiger partial charge on any atom is 0.257 e. The largest absolute Gasteiger partial charge is 0.340 e. The third-order valence-electron chi connectivity index (χ3n) is 3.56. The summed E-state index contributed by atoms with van der Waals surface area (Å²) >= 11 is 5.96. The number of halogens is 1. The molecule has 2 aromatic carbocycles. The van der Waals surface area contributed by atoms with Crippen LogP contribution < -0.4 is 16.0 Å². The second-order valence-corrected chi connectivity index (χ2v) is 6.22. The lowest BCUT2D eigenvalue weighted by Gasteiger charge is -2.09. The molecule has 3 N–H and O–H groups in total. The molecule has 6 nitrogen and oxygen atoms in total. The van der Waals surface area contributed by atoms with Crippen molar-refractivity contribution < 1.29 is 9.59 Å². The number of nitrogens with one attached hydrogen (secondary N) is 3. The third-order valence-corrected chi connectivity index (χ3v) is 3.80. The predicted molar refractivity (Wildman–Crippen MR) is 108 cm³/mol. The number of carbonyl (C=O) groups is 2. The van der Waals surface area contributed by atoms with Crippen molar-refractivity contribution in [2.45, 2.75) is 6.92 Å². The molecule has 0 saturated heterocycles. The van der Waals surface area contributed by atoms with Gasteiger partial charge in [-0.3, -0.25) is 9.59 Å². The highest BCUT2D eigenvalue weighted by Gasteiger charge is 2.08. The molecule has 0 aliphatic rings. The van der Waals surface area contributed by atoms with Gasteiger partial charge in [-0.1, -0.05) is 23.7 Å². The minimum absolute atomic E-state index is 0.175. The van der Waals surface area contributed by atoms with Gasteiger partial charge in [-0.2, -0.15) is 0 Å². The highest BCUT2D eigenvalue weighted by molar-refractivity contribution is 6.30. The van der Waals surface area contributed by atoms with E-state index in [-0.39, 0.29) is 11.8 Å². The summed E-state index contributed by atoms with van der Waals surface area (Å²) < 4.78 is 0. The summed E-state index contributed by atoms with van der Waals surface area (Å²) in [5.74, 6) is 0.128. The summed E-state index contributed by atoms with van der Waals surface area (Å²) in [7, 11) is 0. The van der Waals surface area contributed by atoms with Gasteiger partial charge in [0.1, 0.15) is 5.82 Å². The molecule has 0 spiro atoms. The first-order valence-corrected chi connectivity index (χ1v) is 8.55. The SMILES string of the molecule is CC(=O)Nc1cccc(NC(=O)c2ccc(Nc3cccc(Cl)c3)nc2)c1. The van der Waals surface area contributed by atoms with Gasteiger partial charge in [0.15, 0.2) is 0 Å². The normalized spacial score (nSPS) is 10.1. The first kappa shape index (κ1) is 18.4. The highest BCUT2D eigenvalue weighted by atomic mass is 35.5. The van der Waals surface area contributed by atoms with E-state index in [1.807, 2.05) is 12.1 Å². The Hall–Kier alpha value is -3.38. The molecular weight excluding hydrogens is 364 g/mol. The number of aromatic nitrogens is 1. The van der Waals surface area contributed by atoms with Crippen molar-refractivity contribution >= 4 is 46.3 Å². The van der Waals surface area contributed by atoms with Crippen molar-refractivity contribution in [2.24, 2.45) is 0 Å². The van der Waals surface area contributed by atoms with Crippen LogP contribution in [0.5, 0.6) is 0 Å². The van der Waals surface area contributed by atoms with Crippen molar-refractivity contribution in [3.8, 4) is 0 Å². The topological polar surface area (TPSA) is 83.1 Å². The zero-order valence-corrected chi connectivity index (χ0v) is 15.2. The van der Waals surface area contributed by atoms with Gasteiger partial charge in [0.2, 0.25) is 5.91 Å². The van der Waals surface area contributed by atoms with Gasteiger partial charge >= 0.3 is 0 Å². The van der Waals surface area contributed by atoms with Crippen LogP contribution in [0.25, 0.3) is 0 Å². The van der Waals surface area contributed by atoms with E-state index in [1.54, 1.807) is 48.5 Å². The monoisotopic (exact) mass is 380 g/mol. The fraction of sp³-hybridized carbons (Fsp3) is 0.0500. The number of pyridine rings is 1. The molecule has 0 bridgehead atoms. The number of rotatable bonds is 5. The summed E-state index contributed by atoms with van der Waals surface area (Å²) in [6.45, 7) is 1.43. The van der Waals surface area contributed by atoms with E-state index in [0.717, 1.165) is 5.69 Å². The fourth-order valence-electron chi connectivity index (χ4n) is 2.40. The molecular formula is C20H17ClN4O2. The van der Waals surface area contributed by atoms with Crippen LogP contribution in [-0.4, -0.2) is 16.8 Å². The summed E-state index contributed by atoms with van der Waals surface area (Å²) in [6.07, 6.45) is 1.49. The smallest absolute Gasteiger partial charge is 0.257 e. The molecule has 0 atom stereocenters. The van der Waals surface area contributed by atoms with Crippen molar-refractivity contribution in [1.82, 2.24) is 4.98 Å². The molecule has 3 rings (SSSR count). The Morgan fingerprint density at radius 3 is 2.26 bits per heavy atom. The number of carbonyl (C=O) groups excluding carboxylic acids is 2. The minimum atomic E-state index is -0.295. The number of benzene rings is 2. The zero-order valence-electron chi connectivity index (χ0n) is 14.5. The van der Waals surface area contributed by atoms with Crippen molar-refractivity contribution in [3.63, 3.8) is 0 Å². The summed E-state index contributed by atoms with van der Waals surface area (Å²) in [6, 6.07) is 17.6.